The highest BCUT2D eigenvalue weighted by molar-refractivity contribution is 7.95. The SMILES string of the molecule is C#CCNC=C(C#N)S(=O)(=O)c1ccc(C)cc1. The van der Waals surface area contributed by atoms with Gasteiger partial charge in [-0.3, -0.25) is 0 Å². The zero-order chi connectivity index (χ0) is 13.6. The molecular formula is C13H12N2O2S. The Morgan fingerprint density at radius 1 is 1.44 bits per heavy atom. The number of hydrogen-bond donors (Lipinski definition) is 1. The summed E-state index contributed by atoms with van der Waals surface area (Å²) in [4.78, 5) is -0.273. The molecule has 0 saturated heterocycles. The van der Waals surface area contributed by atoms with E-state index < -0.39 is 9.84 Å². The van der Waals surface area contributed by atoms with E-state index in [1.165, 1.54) is 12.1 Å². The number of hydrogen-bond acceptors (Lipinski definition) is 4. The molecule has 1 N–H and O–H groups in total. The lowest BCUT2D eigenvalue weighted by Crippen LogP contribution is -2.10. The third-order valence-corrected chi connectivity index (χ3v) is 3.85. The smallest absolute Gasteiger partial charge is 0.218 e. The van der Waals surface area contributed by atoms with Crippen molar-refractivity contribution in [2.45, 2.75) is 11.8 Å². The number of nitriles is 1. The lowest BCUT2D eigenvalue weighted by molar-refractivity contribution is 0.603. The summed E-state index contributed by atoms with van der Waals surface area (Å²) >= 11 is 0. The molecule has 0 spiro atoms. The Balaban J connectivity index is 3.13. The summed E-state index contributed by atoms with van der Waals surface area (Å²) in [6.07, 6.45) is 6.14. The summed E-state index contributed by atoms with van der Waals surface area (Å²) in [6.45, 7) is 2.01. The van der Waals surface area contributed by atoms with E-state index in [0.29, 0.717) is 0 Å². The Kier molecular flexibility index (Phi) is 4.53. The number of allylic oxidation sites excluding steroid dienone is 1. The van der Waals surface area contributed by atoms with Crippen LogP contribution in [-0.2, 0) is 9.84 Å². The third kappa shape index (κ3) is 3.13. The van der Waals surface area contributed by atoms with Gasteiger partial charge in [0, 0.05) is 6.20 Å². The molecule has 0 atom stereocenters. The first-order valence-corrected chi connectivity index (χ1v) is 6.59. The highest BCUT2D eigenvalue weighted by atomic mass is 32.2. The minimum atomic E-state index is -3.78. The predicted molar refractivity (Wildman–Crippen MR) is 68.9 cm³/mol. The zero-order valence-corrected chi connectivity index (χ0v) is 10.7. The quantitative estimate of drug-likeness (QED) is 0.504. The van der Waals surface area contributed by atoms with Crippen molar-refractivity contribution in [3.8, 4) is 18.4 Å². The fourth-order valence-corrected chi connectivity index (χ4v) is 2.32. The van der Waals surface area contributed by atoms with Gasteiger partial charge in [-0.1, -0.05) is 23.6 Å². The average Bonchev–Trinajstić information content (AvgIpc) is 2.35. The molecule has 1 aromatic rings. The van der Waals surface area contributed by atoms with Gasteiger partial charge in [0.1, 0.15) is 6.07 Å². The third-order valence-electron chi connectivity index (χ3n) is 2.17. The molecule has 0 radical (unpaired) electrons. The molecule has 0 fully saturated rings. The van der Waals surface area contributed by atoms with Gasteiger partial charge in [-0.2, -0.15) is 5.26 Å². The maximum absolute atomic E-state index is 12.1. The molecule has 4 nitrogen and oxygen atoms in total. The van der Waals surface area contributed by atoms with Crippen LogP contribution in [0.4, 0.5) is 0 Å². The van der Waals surface area contributed by atoms with E-state index >= 15 is 0 Å². The molecular weight excluding hydrogens is 248 g/mol. The summed E-state index contributed by atoms with van der Waals surface area (Å²) in [5.74, 6) is 2.29. The Bertz CT molecular complexity index is 629. The van der Waals surface area contributed by atoms with Gasteiger partial charge in [-0.25, -0.2) is 8.42 Å². The first-order chi connectivity index (χ1) is 8.52. The van der Waals surface area contributed by atoms with Crippen molar-refractivity contribution in [1.82, 2.24) is 5.32 Å². The van der Waals surface area contributed by atoms with Crippen LogP contribution in [0.25, 0.3) is 0 Å². The maximum Gasteiger partial charge on any atom is 0.218 e. The maximum atomic E-state index is 12.1. The van der Waals surface area contributed by atoms with Crippen LogP contribution in [0.15, 0.2) is 40.3 Å². The predicted octanol–water partition coefficient (Wildman–Crippen LogP) is 1.36. The largest absolute Gasteiger partial charge is 0.378 e. The summed E-state index contributed by atoms with van der Waals surface area (Å²) in [5, 5.41) is 11.5. The van der Waals surface area contributed by atoms with Crippen molar-refractivity contribution in [2.75, 3.05) is 6.54 Å². The number of terminal acetylenes is 1. The van der Waals surface area contributed by atoms with Crippen LogP contribution >= 0.6 is 0 Å². The molecule has 0 bridgehead atoms. The number of benzene rings is 1. The second-order valence-electron chi connectivity index (χ2n) is 3.52. The van der Waals surface area contributed by atoms with Crippen LogP contribution in [0.5, 0.6) is 0 Å². The molecule has 18 heavy (non-hydrogen) atoms. The minimum Gasteiger partial charge on any atom is -0.378 e. The number of aryl methyl sites for hydroxylation is 1. The van der Waals surface area contributed by atoms with Crippen LogP contribution in [0.2, 0.25) is 0 Å². The van der Waals surface area contributed by atoms with Crippen molar-refractivity contribution in [3.63, 3.8) is 0 Å². The fraction of sp³-hybridized carbons (Fsp3) is 0.154. The van der Waals surface area contributed by atoms with E-state index in [0.717, 1.165) is 11.8 Å². The monoisotopic (exact) mass is 260 g/mol. The summed E-state index contributed by atoms with van der Waals surface area (Å²) in [6, 6.07) is 7.95. The van der Waals surface area contributed by atoms with Crippen molar-refractivity contribution in [3.05, 3.63) is 40.9 Å². The Labute approximate surface area is 107 Å². The molecule has 0 aromatic heterocycles. The number of sulfone groups is 1. The molecule has 0 aliphatic heterocycles. The topological polar surface area (TPSA) is 70.0 Å². The van der Waals surface area contributed by atoms with Crippen molar-refractivity contribution < 1.29 is 8.42 Å². The van der Waals surface area contributed by atoms with E-state index in [-0.39, 0.29) is 16.3 Å². The molecule has 5 heteroatoms. The van der Waals surface area contributed by atoms with Crippen LogP contribution < -0.4 is 5.32 Å². The van der Waals surface area contributed by atoms with Crippen LogP contribution in [0.3, 0.4) is 0 Å². The number of nitrogens with one attached hydrogen (secondary N) is 1. The first kappa shape index (κ1) is 13.8. The highest BCUT2D eigenvalue weighted by Gasteiger charge is 2.20. The van der Waals surface area contributed by atoms with Gasteiger partial charge in [-0.15, -0.1) is 6.42 Å². The summed E-state index contributed by atoms with van der Waals surface area (Å²) < 4.78 is 24.2. The van der Waals surface area contributed by atoms with Gasteiger partial charge in [0.25, 0.3) is 0 Å². The zero-order valence-electron chi connectivity index (χ0n) is 9.84. The normalized spacial score (nSPS) is 11.4. The fourth-order valence-electron chi connectivity index (χ4n) is 1.22. The van der Waals surface area contributed by atoms with Crippen LogP contribution in [0, 0.1) is 30.6 Å². The van der Waals surface area contributed by atoms with Crippen molar-refractivity contribution in [1.29, 1.82) is 5.26 Å². The van der Waals surface area contributed by atoms with Gasteiger partial charge in [0.2, 0.25) is 9.84 Å². The molecule has 0 saturated carbocycles. The molecule has 0 amide bonds. The Morgan fingerprint density at radius 2 is 2.06 bits per heavy atom. The molecule has 0 unspecified atom stereocenters. The van der Waals surface area contributed by atoms with Crippen LogP contribution in [0.1, 0.15) is 5.56 Å². The molecule has 0 aliphatic rings. The van der Waals surface area contributed by atoms with E-state index in [4.69, 9.17) is 11.7 Å². The Morgan fingerprint density at radius 3 is 2.56 bits per heavy atom. The standard InChI is InChI=1S/C13H12N2O2S/c1-3-8-15-10-13(9-14)18(16,17)12-6-4-11(2)5-7-12/h1,4-7,10,15H,8H2,2H3. The van der Waals surface area contributed by atoms with E-state index in [1.54, 1.807) is 18.2 Å². The summed E-state index contributed by atoms with van der Waals surface area (Å²) in [7, 11) is -3.78. The van der Waals surface area contributed by atoms with Crippen molar-refractivity contribution in [2.24, 2.45) is 0 Å². The van der Waals surface area contributed by atoms with Gasteiger partial charge in [0.15, 0.2) is 4.91 Å². The van der Waals surface area contributed by atoms with Gasteiger partial charge in [0.05, 0.1) is 11.4 Å². The first-order valence-electron chi connectivity index (χ1n) is 5.11. The molecule has 92 valence electrons. The van der Waals surface area contributed by atoms with E-state index in [2.05, 4.69) is 11.2 Å². The lowest BCUT2D eigenvalue weighted by Gasteiger charge is -2.03. The van der Waals surface area contributed by atoms with Crippen molar-refractivity contribution >= 4 is 9.84 Å². The molecule has 0 aliphatic carbocycles. The van der Waals surface area contributed by atoms with Gasteiger partial charge in [-0.05, 0) is 19.1 Å². The second kappa shape index (κ2) is 5.90. The highest BCUT2D eigenvalue weighted by Crippen LogP contribution is 2.18. The summed E-state index contributed by atoms with van der Waals surface area (Å²) in [5.41, 5.74) is 0.946. The lowest BCUT2D eigenvalue weighted by atomic mass is 10.2. The van der Waals surface area contributed by atoms with E-state index in [1.807, 2.05) is 6.92 Å². The minimum absolute atomic E-state index is 0.0865. The Hall–Kier alpha value is -2.24. The molecule has 1 aromatic carbocycles. The number of nitrogens with zero attached hydrogens (tertiary/aromatic N) is 1. The molecule has 1 rings (SSSR count). The number of rotatable bonds is 4. The van der Waals surface area contributed by atoms with Gasteiger partial charge < -0.3 is 5.32 Å². The van der Waals surface area contributed by atoms with E-state index in [9.17, 15) is 8.42 Å². The average molecular weight is 260 g/mol. The molecule has 0 heterocycles. The second-order valence-corrected chi connectivity index (χ2v) is 5.44. The van der Waals surface area contributed by atoms with Crippen LogP contribution in [-0.4, -0.2) is 15.0 Å². The van der Waals surface area contributed by atoms with Gasteiger partial charge >= 0.3 is 0 Å².